The van der Waals surface area contributed by atoms with Crippen LogP contribution in [0.15, 0.2) is 66.7 Å². The molecule has 5 rings (SSSR count). The second-order valence-electron chi connectivity index (χ2n) is 9.93. The van der Waals surface area contributed by atoms with E-state index < -0.39 is 34.9 Å². The number of anilines is 2. The van der Waals surface area contributed by atoms with Crippen molar-refractivity contribution >= 4 is 23.5 Å². The summed E-state index contributed by atoms with van der Waals surface area (Å²) in [5.74, 6) is -2.01. The summed E-state index contributed by atoms with van der Waals surface area (Å²) >= 11 is 0. The third-order valence-corrected chi connectivity index (χ3v) is 7.13. The topological polar surface area (TPSA) is 104 Å². The molecule has 4 aromatic rings. The summed E-state index contributed by atoms with van der Waals surface area (Å²) < 4.78 is 54.4. The average Bonchev–Trinajstić information content (AvgIpc) is 3.49. The van der Waals surface area contributed by atoms with Crippen molar-refractivity contribution in [3.05, 3.63) is 100 Å². The van der Waals surface area contributed by atoms with Crippen LogP contribution in [0.5, 0.6) is 0 Å². The van der Waals surface area contributed by atoms with Crippen LogP contribution in [-0.2, 0) is 12.7 Å². The van der Waals surface area contributed by atoms with E-state index in [1.165, 1.54) is 23.5 Å². The van der Waals surface area contributed by atoms with Crippen LogP contribution in [-0.4, -0.2) is 32.4 Å². The Morgan fingerprint density at radius 2 is 1.63 bits per heavy atom. The van der Waals surface area contributed by atoms with Crippen molar-refractivity contribution in [1.82, 2.24) is 20.6 Å². The molecule has 1 aliphatic carbocycles. The van der Waals surface area contributed by atoms with Gasteiger partial charge in [0.2, 0.25) is 0 Å². The van der Waals surface area contributed by atoms with Crippen molar-refractivity contribution in [3.63, 3.8) is 0 Å². The van der Waals surface area contributed by atoms with Gasteiger partial charge in [-0.05, 0) is 77.6 Å². The molecule has 0 atom stereocenters. The molecule has 8 nitrogen and oxygen atoms in total. The number of aromatic amines is 1. The van der Waals surface area contributed by atoms with Crippen molar-refractivity contribution in [2.45, 2.75) is 50.7 Å². The molecular weight excluding hydrogens is 540 g/mol. The highest BCUT2D eigenvalue weighted by molar-refractivity contribution is 6.06. The summed E-state index contributed by atoms with van der Waals surface area (Å²) in [6.45, 7) is -0.0355. The largest absolute Gasteiger partial charge is 0.416 e. The minimum absolute atomic E-state index is 0.000779. The van der Waals surface area contributed by atoms with Gasteiger partial charge in [-0.1, -0.05) is 48.6 Å². The monoisotopic (exact) mass is 566 g/mol. The van der Waals surface area contributed by atoms with Gasteiger partial charge in [0.1, 0.15) is 5.82 Å². The molecule has 2 N–H and O–H groups in total. The van der Waals surface area contributed by atoms with E-state index in [1.54, 1.807) is 24.3 Å². The van der Waals surface area contributed by atoms with Gasteiger partial charge < -0.3 is 4.90 Å². The van der Waals surface area contributed by atoms with E-state index in [2.05, 4.69) is 25.9 Å². The van der Waals surface area contributed by atoms with Crippen molar-refractivity contribution in [2.75, 3.05) is 10.2 Å². The zero-order valence-electron chi connectivity index (χ0n) is 21.8. The van der Waals surface area contributed by atoms with Crippen LogP contribution >= 0.6 is 0 Å². The molecule has 12 heteroatoms. The number of nitrogens with zero attached hydrogens (tertiary/aromatic N) is 4. The molecule has 3 aromatic carbocycles. The Bertz CT molecular complexity index is 1500. The normalized spacial score (nSPS) is 14.0. The molecule has 2 amide bonds. The van der Waals surface area contributed by atoms with E-state index in [1.807, 2.05) is 12.1 Å². The molecule has 1 saturated carbocycles. The second-order valence-corrected chi connectivity index (χ2v) is 9.93. The van der Waals surface area contributed by atoms with Gasteiger partial charge in [0.05, 0.1) is 12.1 Å². The quantitative estimate of drug-likeness (QED) is 0.249. The van der Waals surface area contributed by atoms with Crippen LogP contribution < -0.4 is 10.2 Å². The van der Waals surface area contributed by atoms with E-state index in [4.69, 9.17) is 0 Å². The van der Waals surface area contributed by atoms with Gasteiger partial charge in [-0.15, -0.1) is 5.10 Å². The van der Waals surface area contributed by atoms with Gasteiger partial charge in [0.25, 0.3) is 17.8 Å². The van der Waals surface area contributed by atoms with Crippen LogP contribution in [0.2, 0.25) is 0 Å². The number of aromatic nitrogens is 4. The number of carbonyl (C=O) groups excluding carboxylic acids is 2. The summed E-state index contributed by atoms with van der Waals surface area (Å²) in [6, 6.07) is 15.5. The number of carbonyl (C=O) groups is 2. The van der Waals surface area contributed by atoms with E-state index >= 15 is 0 Å². The molecule has 1 heterocycles. The lowest BCUT2D eigenvalue weighted by molar-refractivity contribution is -0.137. The Morgan fingerprint density at radius 1 is 0.927 bits per heavy atom. The number of nitrogens with one attached hydrogen (secondary N) is 2. The molecule has 1 aromatic heterocycles. The van der Waals surface area contributed by atoms with Crippen LogP contribution in [0.4, 0.5) is 29.2 Å². The Kier molecular flexibility index (Phi) is 8.09. The summed E-state index contributed by atoms with van der Waals surface area (Å²) in [5.41, 5.74) is 0.802. The Labute approximate surface area is 232 Å². The number of alkyl halides is 3. The fraction of sp³-hybridized carbons (Fsp3) is 0.276. The maximum atomic E-state index is 14.2. The van der Waals surface area contributed by atoms with Crippen LogP contribution in [0.1, 0.15) is 75.4 Å². The molecule has 41 heavy (non-hydrogen) atoms. The lowest BCUT2D eigenvalue weighted by atomic mass is 9.84. The van der Waals surface area contributed by atoms with Crippen molar-refractivity contribution < 1.29 is 27.2 Å². The first-order chi connectivity index (χ1) is 19.7. The standard InChI is InChI=1S/C29H26F4N6O2/c30-24-15-22(14-23(16-24)29(31,32)33)27(41)39(25-12-10-20(11-13-25)19-4-2-1-3-5-19)17-18-6-8-21(9-7-18)26(40)34-28-35-37-38-36-28/h6-16,19H,1-5,17H2,(H2,34,35,36,37,38,40). The Balaban J connectivity index is 1.43. The fourth-order valence-electron chi connectivity index (χ4n) is 5.01. The fourth-order valence-corrected chi connectivity index (χ4v) is 5.01. The molecule has 1 fully saturated rings. The minimum Gasteiger partial charge on any atom is -0.304 e. The van der Waals surface area contributed by atoms with E-state index in [9.17, 15) is 27.2 Å². The summed E-state index contributed by atoms with van der Waals surface area (Å²) in [5, 5.41) is 15.4. The summed E-state index contributed by atoms with van der Waals surface area (Å²) in [4.78, 5) is 27.4. The first-order valence-corrected chi connectivity index (χ1v) is 13.1. The zero-order valence-corrected chi connectivity index (χ0v) is 21.8. The number of benzene rings is 3. The van der Waals surface area contributed by atoms with Crippen molar-refractivity contribution in [3.8, 4) is 0 Å². The highest BCUT2D eigenvalue weighted by Crippen LogP contribution is 2.34. The molecule has 0 saturated heterocycles. The van der Waals surface area contributed by atoms with E-state index in [0.717, 1.165) is 37.3 Å². The SMILES string of the molecule is O=C(Nc1nn[nH]n1)c1ccc(CN(C(=O)c2cc(F)cc(C(F)(F)F)c2)c2ccc(C3CCCCC3)cc2)cc1. The highest BCUT2D eigenvalue weighted by Gasteiger charge is 2.33. The van der Waals surface area contributed by atoms with Gasteiger partial charge in [0.15, 0.2) is 0 Å². The average molecular weight is 567 g/mol. The maximum Gasteiger partial charge on any atom is 0.416 e. The van der Waals surface area contributed by atoms with Gasteiger partial charge in [-0.25, -0.2) is 4.39 Å². The number of H-pyrrole nitrogens is 1. The number of amides is 2. The molecular formula is C29H26F4N6O2. The lowest BCUT2D eigenvalue weighted by Gasteiger charge is -2.26. The van der Waals surface area contributed by atoms with Crippen LogP contribution in [0, 0.1) is 5.82 Å². The number of hydrogen-bond acceptors (Lipinski definition) is 5. The third-order valence-electron chi connectivity index (χ3n) is 7.13. The predicted octanol–water partition coefficient (Wildman–Crippen LogP) is 6.50. The molecule has 0 bridgehead atoms. The van der Waals surface area contributed by atoms with Crippen LogP contribution in [0.25, 0.3) is 0 Å². The number of tetrazole rings is 1. The summed E-state index contributed by atoms with van der Waals surface area (Å²) in [7, 11) is 0. The lowest BCUT2D eigenvalue weighted by Crippen LogP contribution is -2.31. The smallest absolute Gasteiger partial charge is 0.304 e. The van der Waals surface area contributed by atoms with Gasteiger partial charge in [-0.3, -0.25) is 14.9 Å². The van der Waals surface area contributed by atoms with Gasteiger partial charge in [-0.2, -0.15) is 18.4 Å². The molecule has 0 unspecified atom stereocenters. The molecule has 0 spiro atoms. The predicted molar refractivity (Wildman–Crippen MR) is 143 cm³/mol. The van der Waals surface area contributed by atoms with E-state index in [0.29, 0.717) is 29.3 Å². The molecule has 1 aliphatic rings. The van der Waals surface area contributed by atoms with Gasteiger partial charge in [0, 0.05) is 16.8 Å². The highest BCUT2D eigenvalue weighted by atomic mass is 19.4. The third kappa shape index (κ3) is 6.76. The number of rotatable bonds is 7. The first-order valence-electron chi connectivity index (χ1n) is 13.1. The van der Waals surface area contributed by atoms with Crippen molar-refractivity contribution in [1.29, 1.82) is 0 Å². The van der Waals surface area contributed by atoms with E-state index in [-0.39, 0.29) is 18.1 Å². The Morgan fingerprint density at radius 3 is 2.27 bits per heavy atom. The molecule has 0 radical (unpaired) electrons. The minimum atomic E-state index is -4.82. The zero-order chi connectivity index (χ0) is 29.0. The summed E-state index contributed by atoms with van der Waals surface area (Å²) in [6.07, 6.45) is 0.863. The van der Waals surface area contributed by atoms with Crippen molar-refractivity contribution in [2.24, 2.45) is 0 Å². The number of hydrogen-bond donors (Lipinski definition) is 2. The Hall–Kier alpha value is -4.61. The maximum absolute atomic E-state index is 14.2. The molecule has 0 aliphatic heterocycles. The van der Waals surface area contributed by atoms with Gasteiger partial charge >= 0.3 is 6.18 Å². The number of halogens is 4. The first kappa shape index (κ1) is 27.9. The molecule has 212 valence electrons. The second kappa shape index (κ2) is 11.9. The van der Waals surface area contributed by atoms with Crippen LogP contribution in [0.3, 0.4) is 0 Å².